The summed E-state index contributed by atoms with van der Waals surface area (Å²) in [5.41, 5.74) is 7.26. The van der Waals surface area contributed by atoms with E-state index in [1.807, 2.05) is 6.92 Å². The van der Waals surface area contributed by atoms with Gasteiger partial charge in [-0.1, -0.05) is 17.7 Å². The molecule has 0 aliphatic heterocycles. The van der Waals surface area contributed by atoms with Crippen LogP contribution < -0.4 is 15.8 Å². The zero-order chi connectivity index (χ0) is 14.5. The molecular formula is C15H15ClN2O2. The van der Waals surface area contributed by atoms with Crippen LogP contribution in [0.25, 0.3) is 0 Å². The quantitative estimate of drug-likeness (QED) is 0.846. The van der Waals surface area contributed by atoms with Crippen molar-refractivity contribution in [2.45, 2.75) is 6.92 Å². The number of benzene rings is 2. The van der Waals surface area contributed by atoms with Gasteiger partial charge in [-0.2, -0.15) is 0 Å². The summed E-state index contributed by atoms with van der Waals surface area (Å²) >= 11 is 5.82. The summed E-state index contributed by atoms with van der Waals surface area (Å²) in [5.74, 6) is 0.407. The molecule has 0 saturated carbocycles. The van der Waals surface area contributed by atoms with Gasteiger partial charge in [0.05, 0.1) is 18.0 Å². The summed E-state index contributed by atoms with van der Waals surface area (Å²) < 4.78 is 5.36. The Kier molecular flexibility index (Phi) is 4.48. The molecule has 0 bridgehead atoms. The lowest BCUT2D eigenvalue weighted by molar-refractivity contribution is 0.102. The van der Waals surface area contributed by atoms with Crippen LogP contribution in [0.15, 0.2) is 42.5 Å². The van der Waals surface area contributed by atoms with E-state index in [4.69, 9.17) is 22.1 Å². The van der Waals surface area contributed by atoms with Crippen LogP contribution in [0.3, 0.4) is 0 Å². The molecule has 1 amide bonds. The lowest BCUT2D eigenvalue weighted by Gasteiger charge is -2.09. The molecule has 0 saturated heterocycles. The van der Waals surface area contributed by atoms with Crippen LogP contribution in [0, 0.1) is 0 Å². The fourth-order valence-electron chi connectivity index (χ4n) is 1.74. The van der Waals surface area contributed by atoms with E-state index in [0.29, 0.717) is 34.3 Å². The van der Waals surface area contributed by atoms with Gasteiger partial charge < -0.3 is 15.8 Å². The van der Waals surface area contributed by atoms with Crippen molar-refractivity contribution in [3.63, 3.8) is 0 Å². The second-order valence-corrected chi connectivity index (χ2v) is 4.58. The predicted octanol–water partition coefficient (Wildman–Crippen LogP) is 3.57. The van der Waals surface area contributed by atoms with Crippen LogP contribution in [0.5, 0.6) is 5.75 Å². The minimum atomic E-state index is -0.249. The highest BCUT2D eigenvalue weighted by atomic mass is 35.5. The van der Waals surface area contributed by atoms with Crippen molar-refractivity contribution in [1.29, 1.82) is 0 Å². The van der Waals surface area contributed by atoms with Crippen LogP contribution in [0.4, 0.5) is 11.4 Å². The molecule has 4 nitrogen and oxygen atoms in total. The van der Waals surface area contributed by atoms with Crippen molar-refractivity contribution >= 4 is 28.9 Å². The number of ether oxygens (including phenoxy) is 1. The highest BCUT2D eigenvalue weighted by Crippen LogP contribution is 2.23. The third-order valence-electron chi connectivity index (χ3n) is 2.67. The van der Waals surface area contributed by atoms with Crippen molar-refractivity contribution in [1.82, 2.24) is 0 Å². The Morgan fingerprint density at radius 3 is 2.80 bits per heavy atom. The Bertz CT molecular complexity index is 629. The van der Waals surface area contributed by atoms with Gasteiger partial charge in [0, 0.05) is 10.6 Å². The maximum absolute atomic E-state index is 12.2. The van der Waals surface area contributed by atoms with Crippen LogP contribution in [-0.2, 0) is 0 Å². The van der Waals surface area contributed by atoms with Crippen molar-refractivity contribution in [3.8, 4) is 5.75 Å². The number of carbonyl (C=O) groups is 1. The molecule has 20 heavy (non-hydrogen) atoms. The number of rotatable bonds is 4. The monoisotopic (exact) mass is 290 g/mol. The van der Waals surface area contributed by atoms with Crippen LogP contribution in [0.1, 0.15) is 17.3 Å². The number of nitrogen functional groups attached to an aromatic ring is 1. The molecule has 0 aliphatic rings. The Morgan fingerprint density at radius 2 is 2.10 bits per heavy atom. The van der Waals surface area contributed by atoms with Gasteiger partial charge in [-0.3, -0.25) is 4.79 Å². The summed E-state index contributed by atoms with van der Waals surface area (Å²) in [7, 11) is 0. The third kappa shape index (κ3) is 3.42. The van der Waals surface area contributed by atoms with E-state index >= 15 is 0 Å². The van der Waals surface area contributed by atoms with E-state index in [1.54, 1.807) is 42.5 Å². The first-order valence-electron chi connectivity index (χ1n) is 6.19. The predicted molar refractivity (Wildman–Crippen MR) is 81.4 cm³/mol. The first-order chi connectivity index (χ1) is 9.60. The van der Waals surface area contributed by atoms with E-state index in [9.17, 15) is 4.79 Å². The van der Waals surface area contributed by atoms with E-state index < -0.39 is 0 Å². The lowest BCUT2D eigenvalue weighted by Crippen LogP contribution is -2.13. The highest BCUT2D eigenvalue weighted by Gasteiger charge is 2.09. The maximum atomic E-state index is 12.2. The molecule has 0 aromatic heterocycles. The van der Waals surface area contributed by atoms with Gasteiger partial charge in [0.1, 0.15) is 5.75 Å². The summed E-state index contributed by atoms with van der Waals surface area (Å²) in [6, 6.07) is 11.9. The van der Waals surface area contributed by atoms with Crippen LogP contribution in [0.2, 0.25) is 5.02 Å². The van der Waals surface area contributed by atoms with Gasteiger partial charge in [0.15, 0.2) is 0 Å². The van der Waals surface area contributed by atoms with Crippen molar-refractivity contribution in [3.05, 3.63) is 53.1 Å². The highest BCUT2D eigenvalue weighted by molar-refractivity contribution is 6.31. The molecule has 104 valence electrons. The largest absolute Gasteiger partial charge is 0.494 e. The molecule has 2 aromatic carbocycles. The molecule has 3 N–H and O–H groups in total. The molecule has 2 aromatic rings. The van der Waals surface area contributed by atoms with E-state index in [-0.39, 0.29) is 5.91 Å². The Hall–Kier alpha value is -2.20. The summed E-state index contributed by atoms with van der Waals surface area (Å²) in [6.45, 7) is 2.44. The summed E-state index contributed by atoms with van der Waals surface area (Å²) in [6.07, 6.45) is 0. The molecule has 0 spiro atoms. The number of halogens is 1. The van der Waals surface area contributed by atoms with Gasteiger partial charge >= 0.3 is 0 Å². The van der Waals surface area contributed by atoms with Crippen LogP contribution >= 0.6 is 11.6 Å². The average molecular weight is 291 g/mol. The van der Waals surface area contributed by atoms with E-state index in [0.717, 1.165) is 0 Å². The van der Waals surface area contributed by atoms with Crippen molar-refractivity contribution in [2.24, 2.45) is 0 Å². The van der Waals surface area contributed by atoms with Crippen molar-refractivity contribution in [2.75, 3.05) is 17.7 Å². The molecule has 5 heteroatoms. The standard InChI is InChI=1S/C15H15ClN2O2/c1-2-20-12-5-3-4-10(8-12)15(19)18-14-7-6-11(16)9-13(14)17/h3-9H,2,17H2,1H3,(H,18,19). The number of hydrogen-bond donors (Lipinski definition) is 2. The number of nitrogens with one attached hydrogen (secondary N) is 1. The molecule has 0 unspecified atom stereocenters. The first kappa shape index (κ1) is 14.2. The maximum Gasteiger partial charge on any atom is 0.255 e. The molecule has 0 atom stereocenters. The number of nitrogens with two attached hydrogens (primary N) is 1. The topological polar surface area (TPSA) is 64.3 Å². The van der Waals surface area contributed by atoms with E-state index in [1.165, 1.54) is 0 Å². The molecule has 0 radical (unpaired) electrons. The summed E-state index contributed by atoms with van der Waals surface area (Å²) in [5, 5.41) is 3.27. The minimum Gasteiger partial charge on any atom is -0.494 e. The number of amides is 1. The fourth-order valence-corrected chi connectivity index (χ4v) is 1.92. The van der Waals surface area contributed by atoms with Gasteiger partial charge in [-0.15, -0.1) is 0 Å². The molecular weight excluding hydrogens is 276 g/mol. The van der Waals surface area contributed by atoms with Gasteiger partial charge in [0.25, 0.3) is 5.91 Å². The molecule has 0 heterocycles. The molecule has 0 fully saturated rings. The Balaban J connectivity index is 2.17. The first-order valence-corrected chi connectivity index (χ1v) is 6.57. The van der Waals surface area contributed by atoms with E-state index in [2.05, 4.69) is 5.32 Å². The molecule has 2 rings (SSSR count). The van der Waals surface area contributed by atoms with Gasteiger partial charge in [0.2, 0.25) is 0 Å². The van der Waals surface area contributed by atoms with Gasteiger partial charge in [-0.25, -0.2) is 0 Å². The van der Waals surface area contributed by atoms with Crippen molar-refractivity contribution < 1.29 is 9.53 Å². The normalized spacial score (nSPS) is 10.1. The lowest BCUT2D eigenvalue weighted by atomic mass is 10.2. The zero-order valence-electron chi connectivity index (χ0n) is 11.0. The minimum absolute atomic E-state index is 0.249. The van der Waals surface area contributed by atoms with Crippen LogP contribution in [-0.4, -0.2) is 12.5 Å². The smallest absolute Gasteiger partial charge is 0.255 e. The second kappa shape index (κ2) is 6.30. The number of hydrogen-bond acceptors (Lipinski definition) is 3. The zero-order valence-corrected chi connectivity index (χ0v) is 11.8. The third-order valence-corrected chi connectivity index (χ3v) is 2.90. The Morgan fingerprint density at radius 1 is 1.30 bits per heavy atom. The number of carbonyl (C=O) groups excluding carboxylic acids is 1. The summed E-state index contributed by atoms with van der Waals surface area (Å²) in [4.78, 5) is 12.2. The second-order valence-electron chi connectivity index (χ2n) is 4.15. The molecule has 0 aliphatic carbocycles. The average Bonchev–Trinajstić information content (AvgIpc) is 2.42. The SMILES string of the molecule is CCOc1cccc(C(=O)Nc2ccc(Cl)cc2N)c1. The fraction of sp³-hybridized carbons (Fsp3) is 0.133. The Labute approximate surface area is 122 Å². The number of anilines is 2. The van der Waals surface area contributed by atoms with Gasteiger partial charge in [-0.05, 0) is 43.3 Å².